The van der Waals surface area contributed by atoms with E-state index in [1.807, 2.05) is 12.1 Å². The summed E-state index contributed by atoms with van der Waals surface area (Å²) in [5.41, 5.74) is 3.09. The minimum Gasteiger partial charge on any atom is -0.497 e. The quantitative estimate of drug-likeness (QED) is 0.878. The van der Waals surface area contributed by atoms with Crippen LogP contribution in [0.2, 0.25) is 0 Å². The number of amides is 2. The average molecular weight is 272 g/mol. The van der Waals surface area contributed by atoms with Crippen molar-refractivity contribution in [2.45, 2.75) is 13.0 Å². The van der Waals surface area contributed by atoms with Crippen LogP contribution < -0.4 is 10.1 Å². The summed E-state index contributed by atoms with van der Waals surface area (Å²) in [5, 5.41) is 9.29. The van der Waals surface area contributed by atoms with Gasteiger partial charge in [-0.15, -0.1) is 0 Å². The number of nitrogens with zero attached hydrogens (tertiary/aromatic N) is 2. The topological polar surface area (TPSA) is 70.2 Å². The third kappa shape index (κ3) is 2.45. The molecule has 6 heteroatoms. The van der Waals surface area contributed by atoms with Crippen LogP contribution in [0.15, 0.2) is 30.6 Å². The number of H-pyrrole nitrogens is 1. The highest BCUT2D eigenvalue weighted by Crippen LogP contribution is 2.24. The molecule has 2 amide bonds. The second kappa shape index (κ2) is 5.24. The molecule has 1 aromatic carbocycles. The van der Waals surface area contributed by atoms with Gasteiger partial charge in [0.05, 0.1) is 19.0 Å². The number of rotatable bonds is 2. The Balaban J connectivity index is 1.72. The lowest BCUT2D eigenvalue weighted by molar-refractivity contribution is 0.206. The van der Waals surface area contributed by atoms with E-state index < -0.39 is 0 Å². The Hall–Kier alpha value is -2.50. The maximum atomic E-state index is 12.2. The van der Waals surface area contributed by atoms with E-state index in [2.05, 4.69) is 21.6 Å². The molecule has 2 heterocycles. The molecule has 2 N–H and O–H groups in total. The predicted octanol–water partition coefficient (Wildman–Crippen LogP) is 2.01. The van der Waals surface area contributed by atoms with E-state index in [0.717, 1.165) is 17.7 Å². The van der Waals surface area contributed by atoms with E-state index in [4.69, 9.17) is 4.74 Å². The van der Waals surface area contributed by atoms with Crippen LogP contribution >= 0.6 is 0 Å². The molecule has 0 bridgehead atoms. The first kappa shape index (κ1) is 12.5. The normalized spacial score (nSPS) is 13.8. The zero-order valence-electron chi connectivity index (χ0n) is 11.2. The number of urea groups is 1. The van der Waals surface area contributed by atoms with Crippen molar-refractivity contribution in [2.24, 2.45) is 0 Å². The molecular weight excluding hydrogens is 256 g/mol. The first-order valence-corrected chi connectivity index (χ1v) is 6.47. The number of aromatic amines is 1. The van der Waals surface area contributed by atoms with Gasteiger partial charge < -0.3 is 15.0 Å². The monoisotopic (exact) mass is 272 g/mol. The number of hydrogen-bond donors (Lipinski definition) is 2. The number of carbonyl (C=O) groups is 1. The number of ether oxygens (including phenoxy) is 1. The molecule has 3 rings (SSSR count). The fourth-order valence-corrected chi connectivity index (χ4v) is 2.36. The van der Waals surface area contributed by atoms with Crippen LogP contribution in [0.3, 0.4) is 0 Å². The fourth-order valence-electron chi connectivity index (χ4n) is 2.36. The van der Waals surface area contributed by atoms with Crippen molar-refractivity contribution in [3.63, 3.8) is 0 Å². The number of methoxy groups -OCH3 is 1. The molecule has 6 nitrogen and oxygen atoms in total. The molecule has 2 aromatic rings. The van der Waals surface area contributed by atoms with E-state index in [1.54, 1.807) is 24.4 Å². The third-order valence-corrected chi connectivity index (χ3v) is 3.46. The summed E-state index contributed by atoms with van der Waals surface area (Å²) in [4.78, 5) is 14.0. The average Bonchev–Trinajstić information content (AvgIpc) is 2.99. The highest BCUT2D eigenvalue weighted by molar-refractivity contribution is 5.89. The molecule has 0 atom stereocenters. The van der Waals surface area contributed by atoms with Gasteiger partial charge in [-0.2, -0.15) is 5.10 Å². The molecule has 0 saturated carbocycles. The highest BCUT2D eigenvalue weighted by Gasteiger charge is 2.21. The van der Waals surface area contributed by atoms with Crippen molar-refractivity contribution in [3.05, 3.63) is 41.7 Å². The first-order chi connectivity index (χ1) is 9.76. The van der Waals surface area contributed by atoms with Crippen LogP contribution in [0.25, 0.3) is 0 Å². The van der Waals surface area contributed by atoms with Crippen molar-refractivity contribution in [1.82, 2.24) is 15.1 Å². The Morgan fingerprint density at radius 2 is 2.35 bits per heavy atom. The van der Waals surface area contributed by atoms with Gasteiger partial charge in [-0.25, -0.2) is 4.79 Å². The van der Waals surface area contributed by atoms with E-state index in [9.17, 15) is 4.79 Å². The van der Waals surface area contributed by atoms with Gasteiger partial charge in [0.15, 0.2) is 0 Å². The van der Waals surface area contributed by atoms with Gasteiger partial charge in [-0.05, 0) is 29.7 Å². The minimum absolute atomic E-state index is 0.111. The molecule has 20 heavy (non-hydrogen) atoms. The molecule has 0 aliphatic carbocycles. The highest BCUT2D eigenvalue weighted by atomic mass is 16.5. The fraction of sp³-hybridized carbons (Fsp3) is 0.286. The van der Waals surface area contributed by atoms with Crippen LogP contribution in [-0.2, 0) is 13.0 Å². The third-order valence-electron chi connectivity index (χ3n) is 3.46. The first-order valence-electron chi connectivity index (χ1n) is 6.47. The minimum atomic E-state index is -0.111. The van der Waals surface area contributed by atoms with Gasteiger partial charge in [-0.3, -0.25) is 5.10 Å². The van der Waals surface area contributed by atoms with Crippen molar-refractivity contribution in [3.8, 4) is 5.75 Å². The predicted molar refractivity (Wildman–Crippen MR) is 74.7 cm³/mol. The molecule has 0 spiro atoms. The number of benzene rings is 1. The maximum absolute atomic E-state index is 12.2. The Labute approximate surface area is 116 Å². The molecule has 0 radical (unpaired) electrons. The SMILES string of the molecule is COc1ccc2c(c1)CN(C(=O)Nc1cn[nH]c1)CC2. The molecule has 0 unspecified atom stereocenters. The molecular formula is C14H16N4O2. The largest absolute Gasteiger partial charge is 0.497 e. The Bertz CT molecular complexity index is 610. The van der Waals surface area contributed by atoms with Crippen LogP contribution in [0.4, 0.5) is 10.5 Å². The summed E-state index contributed by atoms with van der Waals surface area (Å²) in [6, 6.07) is 5.91. The van der Waals surface area contributed by atoms with E-state index in [0.29, 0.717) is 18.8 Å². The smallest absolute Gasteiger partial charge is 0.322 e. The number of aromatic nitrogens is 2. The number of carbonyl (C=O) groups excluding carboxylic acids is 1. The van der Waals surface area contributed by atoms with Crippen molar-refractivity contribution in [2.75, 3.05) is 19.0 Å². The van der Waals surface area contributed by atoms with Gasteiger partial charge in [0, 0.05) is 19.3 Å². The Morgan fingerprint density at radius 1 is 1.45 bits per heavy atom. The molecule has 0 saturated heterocycles. The van der Waals surface area contributed by atoms with E-state index in [1.165, 1.54) is 5.56 Å². The zero-order valence-corrected chi connectivity index (χ0v) is 11.2. The molecule has 0 fully saturated rings. The van der Waals surface area contributed by atoms with E-state index in [-0.39, 0.29) is 6.03 Å². The Kier molecular flexibility index (Phi) is 3.28. The molecule has 104 valence electrons. The van der Waals surface area contributed by atoms with Crippen molar-refractivity contribution < 1.29 is 9.53 Å². The second-order valence-electron chi connectivity index (χ2n) is 4.72. The van der Waals surface area contributed by atoms with E-state index >= 15 is 0 Å². The summed E-state index contributed by atoms with van der Waals surface area (Å²) >= 11 is 0. The van der Waals surface area contributed by atoms with Crippen molar-refractivity contribution >= 4 is 11.7 Å². The summed E-state index contributed by atoms with van der Waals surface area (Å²) in [7, 11) is 1.65. The summed E-state index contributed by atoms with van der Waals surface area (Å²) in [5.74, 6) is 0.820. The molecule has 1 aromatic heterocycles. The van der Waals surface area contributed by atoms with Crippen LogP contribution in [0, 0.1) is 0 Å². The van der Waals surface area contributed by atoms with Crippen molar-refractivity contribution in [1.29, 1.82) is 0 Å². The standard InChI is InChI=1S/C14H16N4O2/c1-20-13-3-2-10-4-5-18(9-11(10)6-13)14(19)17-12-7-15-16-8-12/h2-3,6-8H,4-5,9H2,1H3,(H,15,16)(H,17,19). The van der Waals surface area contributed by atoms with Gasteiger partial charge in [0.1, 0.15) is 5.75 Å². The van der Waals surface area contributed by atoms with Crippen LogP contribution in [0.5, 0.6) is 5.75 Å². The number of fused-ring (bicyclic) bond motifs is 1. The molecule has 1 aliphatic rings. The maximum Gasteiger partial charge on any atom is 0.322 e. The number of nitrogens with one attached hydrogen (secondary N) is 2. The lowest BCUT2D eigenvalue weighted by atomic mass is 10.00. The van der Waals surface area contributed by atoms with Crippen LogP contribution in [-0.4, -0.2) is 34.8 Å². The lowest BCUT2D eigenvalue weighted by Gasteiger charge is -2.29. The van der Waals surface area contributed by atoms with Gasteiger partial charge >= 0.3 is 6.03 Å². The number of anilines is 1. The lowest BCUT2D eigenvalue weighted by Crippen LogP contribution is -2.38. The summed E-state index contributed by atoms with van der Waals surface area (Å²) in [6.07, 6.45) is 4.09. The van der Waals surface area contributed by atoms with Gasteiger partial charge in [-0.1, -0.05) is 6.07 Å². The van der Waals surface area contributed by atoms with Gasteiger partial charge in [0.2, 0.25) is 0 Å². The van der Waals surface area contributed by atoms with Gasteiger partial charge in [0.25, 0.3) is 0 Å². The van der Waals surface area contributed by atoms with Crippen LogP contribution in [0.1, 0.15) is 11.1 Å². The Morgan fingerprint density at radius 3 is 3.10 bits per heavy atom. The summed E-state index contributed by atoms with van der Waals surface area (Å²) < 4.78 is 5.23. The second-order valence-corrected chi connectivity index (χ2v) is 4.72. The molecule has 1 aliphatic heterocycles. The zero-order chi connectivity index (χ0) is 13.9. The summed E-state index contributed by atoms with van der Waals surface area (Å²) in [6.45, 7) is 1.30. The number of hydrogen-bond acceptors (Lipinski definition) is 3.